The lowest BCUT2D eigenvalue weighted by Crippen LogP contribution is -1.97. The molecule has 0 aliphatic rings. The van der Waals surface area contributed by atoms with E-state index < -0.39 is 0 Å². The molecule has 0 N–H and O–H groups in total. The summed E-state index contributed by atoms with van der Waals surface area (Å²) < 4.78 is 2.22. The molecule has 0 amide bonds. The molecule has 2 aromatic rings. The molecule has 0 atom stereocenters. The van der Waals surface area contributed by atoms with Crippen molar-refractivity contribution in [1.29, 1.82) is 0 Å². The molecular formula is C13H16N2. The van der Waals surface area contributed by atoms with E-state index in [9.17, 15) is 0 Å². The highest BCUT2D eigenvalue weighted by atomic mass is 15.0. The van der Waals surface area contributed by atoms with Crippen LogP contribution < -0.4 is 0 Å². The van der Waals surface area contributed by atoms with Gasteiger partial charge in [0.05, 0.1) is 18.2 Å². The third-order valence-electron chi connectivity index (χ3n) is 2.53. The van der Waals surface area contributed by atoms with Crippen LogP contribution in [0.4, 0.5) is 0 Å². The lowest BCUT2D eigenvalue weighted by molar-refractivity contribution is 0.636. The number of unbranched alkanes of at least 4 members (excludes halogenated alkanes) is 1. The Bertz CT molecular complexity index is 403. The molecule has 2 nitrogen and oxygen atoms in total. The number of aromatic nitrogens is 2. The number of imidazole rings is 1. The Labute approximate surface area is 90.6 Å². The number of rotatable bonds is 4. The van der Waals surface area contributed by atoms with Gasteiger partial charge in [-0.15, -0.1) is 0 Å². The van der Waals surface area contributed by atoms with E-state index in [0.29, 0.717) is 0 Å². The van der Waals surface area contributed by atoms with Crippen LogP contribution in [0.5, 0.6) is 0 Å². The van der Waals surface area contributed by atoms with Crippen LogP contribution in [0.2, 0.25) is 0 Å². The summed E-state index contributed by atoms with van der Waals surface area (Å²) in [5.74, 6) is 0. The second-order valence-electron chi connectivity index (χ2n) is 3.69. The Morgan fingerprint density at radius 3 is 2.73 bits per heavy atom. The molecule has 2 heteroatoms. The molecule has 15 heavy (non-hydrogen) atoms. The molecule has 0 unspecified atom stereocenters. The van der Waals surface area contributed by atoms with Crippen LogP contribution in [0, 0.1) is 0 Å². The van der Waals surface area contributed by atoms with Crippen molar-refractivity contribution in [2.24, 2.45) is 0 Å². The Hall–Kier alpha value is -1.57. The van der Waals surface area contributed by atoms with Gasteiger partial charge in [0.2, 0.25) is 0 Å². The van der Waals surface area contributed by atoms with Crippen LogP contribution >= 0.6 is 0 Å². The van der Waals surface area contributed by atoms with Crippen molar-refractivity contribution >= 4 is 0 Å². The fourth-order valence-corrected chi connectivity index (χ4v) is 1.68. The van der Waals surface area contributed by atoms with Gasteiger partial charge in [-0.1, -0.05) is 43.7 Å². The van der Waals surface area contributed by atoms with Gasteiger partial charge in [-0.25, -0.2) is 4.98 Å². The van der Waals surface area contributed by atoms with Gasteiger partial charge in [-0.2, -0.15) is 0 Å². The van der Waals surface area contributed by atoms with Gasteiger partial charge in [0, 0.05) is 6.54 Å². The minimum atomic E-state index is 1.06. The standard InChI is InChI=1S/C13H16N2/c1-2-3-9-15-11-14-10-13(15)12-7-5-4-6-8-12/h4-8,10-11H,2-3,9H2,1H3. The minimum Gasteiger partial charge on any atom is -0.331 e. The number of nitrogens with zero attached hydrogens (tertiary/aromatic N) is 2. The van der Waals surface area contributed by atoms with Crippen molar-refractivity contribution in [3.8, 4) is 11.3 Å². The summed E-state index contributed by atoms with van der Waals surface area (Å²) in [6, 6.07) is 10.4. The molecule has 1 aromatic carbocycles. The normalized spacial score (nSPS) is 10.5. The molecular weight excluding hydrogens is 184 g/mol. The molecule has 0 saturated carbocycles. The van der Waals surface area contributed by atoms with Crippen LogP contribution in [0.25, 0.3) is 11.3 Å². The highest BCUT2D eigenvalue weighted by Gasteiger charge is 2.02. The molecule has 0 saturated heterocycles. The number of hydrogen-bond acceptors (Lipinski definition) is 1. The monoisotopic (exact) mass is 200 g/mol. The second kappa shape index (κ2) is 4.78. The van der Waals surface area contributed by atoms with E-state index in [1.165, 1.54) is 24.1 Å². The average molecular weight is 200 g/mol. The maximum absolute atomic E-state index is 4.21. The van der Waals surface area contributed by atoms with Gasteiger partial charge in [-0.05, 0) is 12.0 Å². The maximum Gasteiger partial charge on any atom is 0.0950 e. The van der Waals surface area contributed by atoms with Crippen molar-refractivity contribution in [1.82, 2.24) is 9.55 Å². The minimum absolute atomic E-state index is 1.06. The predicted octanol–water partition coefficient (Wildman–Crippen LogP) is 3.35. The first-order valence-electron chi connectivity index (χ1n) is 5.47. The summed E-state index contributed by atoms with van der Waals surface area (Å²) in [5, 5.41) is 0. The second-order valence-corrected chi connectivity index (χ2v) is 3.69. The summed E-state index contributed by atoms with van der Waals surface area (Å²) in [6.07, 6.45) is 6.27. The van der Waals surface area contributed by atoms with E-state index in [0.717, 1.165) is 6.54 Å². The first-order chi connectivity index (χ1) is 7.42. The summed E-state index contributed by atoms with van der Waals surface area (Å²) in [6.45, 7) is 3.26. The summed E-state index contributed by atoms with van der Waals surface area (Å²) in [5.41, 5.74) is 2.45. The Morgan fingerprint density at radius 2 is 2.00 bits per heavy atom. The van der Waals surface area contributed by atoms with E-state index in [1.807, 2.05) is 18.6 Å². The molecule has 1 aromatic heterocycles. The van der Waals surface area contributed by atoms with Crippen molar-refractivity contribution in [2.45, 2.75) is 26.3 Å². The Kier molecular flexibility index (Phi) is 3.18. The average Bonchev–Trinajstić information content (AvgIpc) is 2.75. The smallest absolute Gasteiger partial charge is 0.0950 e. The molecule has 0 bridgehead atoms. The maximum atomic E-state index is 4.21. The number of hydrogen-bond donors (Lipinski definition) is 0. The van der Waals surface area contributed by atoms with E-state index >= 15 is 0 Å². The summed E-state index contributed by atoms with van der Waals surface area (Å²) in [4.78, 5) is 4.21. The van der Waals surface area contributed by atoms with E-state index in [2.05, 4.69) is 40.7 Å². The number of benzene rings is 1. The SMILES string of the molecule is CCCCn1cncc1-c1ccccc1. The first-order valence-corrected chi connectivity index (χ1v) is 5.47. The third-order valence-corrected chi connectivity index (χ3v) is 2.53. The highest BCUT2D eigenvalue weighted by Crippen LogP contribution is 2.18. The molecule has 0 fully saturated rings. The van der Waals surface area contributed by atoms with Crippen LogP contribution in [0.1, 0.15) is 19.8 Å². The number of aryl methyl sites for hydroxylation is 1. The molecule has 0 aliphatic carbocycles. The summed E-state index contributed by atoms with van der Waals surface area (Å²) >= 11 is 0. The van der Waals surface area contributed by atoms with Crippen LogP contribution in [0.3, 0.4) is 0 Å². The Morgan fingerprint density at radius 1 is 1.20 bits per heavy atom. The van der Waals surface area contributed by atoms with Gasteiger partial charge in [0.25, 0.3) is 0 Å². The lowest BCUT2D eigenvalue weighted by Gasteiger charge is -2.06. The van der Waals surface area contributed by atoms with Gasteiger partial charge in [-0.3, -0.25) is 0 Å². The Balaban J connectivity index is 2.25. The van der Waals surface area contributed by atoms with Gasteiger partial charge >= 0.3 is 0 Å². The first kappa shape index (κ1) is 9.97. The fourth-order valence-electron chi connectivity index (χ4n) is 1.68. The van der Waals surface area contributed by atoms with Gasteiger partial charge < -0.3 is 4.57 Å². The van der Waals surface area contributed by atoms with Gasteiger partial charge in [0.1, 0.15) is 0 Å². The third kappa shape index (κ3) is 2.27. The van der Waals surface area contributed by atoms with Crippen molar-refractivity contribution < 1.29 is 0 Å². The van der Waals surface area contributed by atoms with Crippen molar-refractivity contribution in [3.63, 3.8) is 0 Å². The topological polar surface area (TPSA) is 17.8 Å². The molecule has 0 spiro atoms. The van der Waals surface area contributed by atoms with Crippen LogP contribution in [-0.2, 0) is 6.54 Å². The zero-order valence-electron chi connectivity index (χ0n) is 9.06. The molecule has 2 rings (SSSR count). The fraction of sp³-hybridized carbons (Fsp3) is 0.308. The van der Waals surface area contributed by atoms with Crippen LogP contribution in [0.15, 0.2) is 42.9 Å². The highest BCUT2D eigenvalue weighted by molar-refractivity contribution is 5.58. The molecule has 1 heterocycles. The predicted molar refractivity (Wildman–Crippen MR) is 62.6 cm³/mol. The van der Waals surface area contributed by atoms with E-state index in [1.54, 1.807) is 0 Å². The van der Waals surface area contributed by atoms with Crippen molar-refractivity contribution in [2.75, 3.05) is 0 Å². The molecule has 78 valence electrons. The molecule has 0 aliphatic heterocycles. The quantitative estimate of drug-likeness (QED) is 0.740. The largest absolute Gasteiger partial charge is 0.331 e. The van der Waals surface area contributed by atoms with Gasteiger partial charge in [0.15, 0.2) is 0 Å². The van der Waals surface area contributed by atoms with Crippen molar-refractivity contribution in [3.05, 3.63) is 42.9 Å². The zero-order valence-corrected chi connectivity index (χ0v) is 9.06. The lowest BCUT2D eigenvalue weighted by atomic mass is 10.1. The van der Waals surface area contributed by atoms with E-state index in [-0.39, 0.29) is 0 Å². The molecule has 0 radical (unpaired) electrons. The summed E-state index contributed by atoms with van der Waals surface area (Å²) in [7, 11) is 0. The zero-order chi connectivity index (χ0) is 10.5. The van der Waals surface area contributed by atoms with Crippen LogP contribution in [-0.4, -0.2) is 9.55 Å². The van der Waals surface area contributed by atoms with E-state index in [4.69, 9.17) is 0 Å².